The normalized spacial score (nSPS) is 10.6. The fraction of sp³-hybridized carbons (Fsp3) is 0.250. The van der Waals surface area contributed by atoms with Crippen molar-refractivity contribution in [2.45, 2.75) is 6.92 Å². The average molecular weight is 218 g/mol. The number of rotatable bonds is 3. The third kappa shape index (κ3) is 1.86. The highest BCUT2D eigenvalue weighted by Crippen LogP contribution is 2.26. The quantitative estimate of drug-likeness (QED) is 0.828. The molecule has 1 heterocycles. The number of H-pyrrole nitrogens is 1. The van der Waals surface area contributed by atoms with Crippen molar-refractivity contribution in [2.24, 2.45) is 0 Å². The number of nitrogens with zero attached hydrogens (tertiary/aromatic N) is 1. The van der Waals surface area contributed by atoms with Crippen molar-refractivity contribution < 1.29 is 9.90 Å². The molecule has 0 atom stereocenters. The van der Waals surface area contributed by atoms with Crippen LogP contribution in [0.3, 0.4) is 0 Å². The second kappa shape index (κ2) is 3.89. The van der Waals surface area contributed by atoms with Crippen LogP contribution in [0.2, 0.25) is 0 Å². The first-order valence-electron chi connectivity index (χ1n) is 5.09. The van der Waals surface area contributed by atoms with Crippen LogP contribution in [-0.4, -0.2) is 29.7 Å². The van der Waals surface area contributed by atoms with Gasteiger partial charge in [-0.05, 0) is 25.1 Å². The molecule has 4 nitrogen and oxygen atoms in total. The molecule has 0 saturated carbocycles. The first-order valence-corrected chi connectivity index (χ1v) is 5.09. The molecule has 4 heteroatoms. The Bertz CT molecular complexity index is 531. The summed E-state index contributed by atoms with van der Waals surface area (Å²) in [5.41, 5.74) is 3.04. The van der Waals surface area contributed by atoms with Gasteiger partial charge in [0.15, 0.2) is 0 Å². The number of carboxylic acid groups (broad SMARTS) is 1. The van der Waals surface area contributed by atoms with Gasteiger partial charge in [-0.1, -0.05) is 6.07 Å². The van der Waals surface area contributed by atoms with Crippen LogP contribution in [0.25, 0.3) is 10.9 Å². The smallest absolute Gasteiger partial charge is 0.323 e. The second-order valence-electron chi connectivity index (χ2n) is 3.94. The van der Waals surface area contributed by atoms with E-state index < -0.39 is 5.97 Å². The molecule has 1 aromatic heterocycles. The van der Waals surface area contributed by atoms with Gasteiger partial charge in [0.2, 0.25) is 0 Å². The number of likely N-dealkylation sites (N-methyl/N-ethyl adjacent to an activating group) is 1. The zero-order chi connectivity index (χ0) is 11.7. The van der Waals surface area contributed by atoms with E-state index in [0.717, 1.165) is 22.3 Å². The number of hydrogen-bond acceptors (Lipinski definition) is 2. The Morgan fingerprint density at radius 2 is 2.25 bits per heavy atom. The van der Waals surface area contributed by atoms with Gasteiger partial charge in [0.25, 0.3) is 0 Å². The van der Waals surface area contributed by atoms with Gasteiger partial charge < -0.3 is 15.0 Å². The van der Waals surface area contributed by atoms with Gasteiger partial charge in [0.1, 0.15) is 6.54 Å². The number of aromatic amines is 1. The summed E-state index contributed by atoms with van der Waals surface area (Å²) in [4.78, 5) is 15.6. The van der Waals surface area contributed by atoms with Gasteiger partial charge >= 0.3 is 5.97 Å². The minimum absolute atomic E-state index is 0.00331. The number of aromatic nitrogens is 1. The largest absolute Gasteiger partial charge is 0.480 e. The molecule has 0 aliphatic carbocycles. The summed E-state index contributed by atoms with van der Waals surface area (Å²) in [6, 6.07) is 7.87. The fourth-order valence-corrected chi connectivity index (χ4v) is 1.90. The summed E-state index contributed by atoms with van der Waals surface area (Å²) >= 11 is 0. The zero-order valence-corrected chi connectivity index (χ0v) is 9.32. The Morgan fingerprint density at radius 1 is 1.50 bits per heavy atom. The molecule has 0 aliphatic rings. The third-order valence-electron chi connectivity index (χ3n) is 2.56. The molecule has 2 N–H and O–H groups in total. The summed E-state index contributed by atoms with van der Waals surface area (Å²) in [7, 11) is 1.78. The average Bonchev–Trinajstić information content (AvgIpc) is 2.55. The molecule has 16 heavy (non-hydrogen) atoms. The van der Waals surface area contributed by atoms with E-state index in [0.29, 0.717) is 0 Å². The lowest BCUT2D eigenvalue weighted by Crippen LogP contribution is -2.25. The lowest BCUT2D eigenvalue weighted by molar-refractivity contribution is -0.135. The number of aliphatic carboxylic acids is 1. The van der Waals surface area contributed by atoms with Gasteiger partial charge in [-0.25, -0.2) is 0 Å². The minimum atomic E-state index is -0.827. The van der Waals surface area contributed by atoms with Crippen LogP contribution in [0.5, 0.6) is 0 Å². The molecule has 0 radical (unpaired) electrons. The Balaban J connectivity index is 2.47. The standard InChI is InChI=1S/C12H14N2O2/c1-8-6-9-10(13-8)4-3-5-11(9)14(2)7-12(15)16/h3-6,13H,7H2,1-2H3,(H,15,16). The van der Waals surface area contributed by atoms with Crippen molar-refractivity contribution in [3.8, 4) is 0 Å². The molecule has 0 unspecified atom stereocenters. The van der Waals surface area contributed by atoms with Crippen molar-refractivity contribution in [1.82, 2.24) is 4.98 Å². The van der Waals surface area contributed by atoms with Gasteiger partial charge in [-0.2, -0.15) is 0 Å². The highest BCUT2D eigenvalue weighted by molar-refractivity contribution is 5.94. The molecule has 2 aromatic rings. The summed E-state index contributed by atoms with van der Waals surface area (Å²) in [6.07, 6.45) is 0. The number of aryl methyl sites for hydroxylation is 1. The predicted molar refractivity (Wildman–Crippen MR) is 63.9 cm³/mol. The first-order chi connectivity index (χ1) is 7.58. The Hall–Kier alpha value is -1.97. The van der Waals surface area contributed by atoms with Crippen LogP contribution in [0.4, 0.5) is 5.69 Å². The monoisotopic (exact) mass is 218 g/mol. The fourth-order valence-electron chi connectivity index (χ4n) is 1.90. The second-order valence-corrected chi connectivity index (χ2v) is 3.94. The summed E-state index contributed by atoms with van der Waals surface area (Å²) in [5, 5.41) is 9.83. The molecule has 0 fully saturated rings. The molecule has 0 saturated heterocycles. The summed E-state index contributed by atoms with van der Waals surface area (Å²) in [6.45, 7) is 1.99. The molecule has 0 aliphatic heterocycles. The lowest BCUT2D eigenvalue weighted by atomic mass is 10.2. The third-order valence-corrected chi connectivity index (χ3v) is 2.56. The van der Waals surface area contributed by atoms with Crippen LogP contribution in [0.1, 0.15) is 5.69 Å². The van der Waals surface area contributed by atoms with Gasteiger partial charge in [0.05, 0.1) is 0 Å². The molecule has 0 spiro atoms. The number of nitrogens with one attached hydrogen (secondary N) is 1. The van der Waals surface area contributed by atoms with Crippen molar-refractivity contribution in [3.63, 3.8) is 0 Å². The van der Waals surface area contributed by atoms with Crippen LogP contribution < -0.4 is 4.90 Å². The Labute approximate surface area is 93.5 Å². The van der Waals surface area contributed by atoms with Crippen LogP contribution in [0.15, 0.2) is 24.3 Å². The molecular formula is C12H14N2O2. The Morgan fingerprint density at radius 3 is 2.94 bits per heavy atom. The SMILES string of the molecule is Cc1cc2c(N(C)CC(=O)O)cccc2[nH]1. The maximum Gasteiger partial charge on any atom is 0.323 e. The van der Waals surface area contributed by atoms with Crippen molar-refractivity contribution >= 4 is 22.6 Å². The number of carboxylic acids is 1. The van der Waals surface area contributed by atoms with Gasteiger partial charge in [-0.15, -0.1) is 0 Å². The molecule has 1 aromatic carbocycles. The van der Waals surface area contributed by atoms with E-state index in [9.17, 15) is 4.79 Å². The topological polar surface area (TPSA) is 56.3 Å². The van der Waals surface area contributed by atoms with E-state index in [-0.39, 0.29) is 6.54 Å². The highest BCUT2D eigenvalue weighted by atomic mass is 16.4. The molecule has 2 rings (SSSR count). The van der Waals surface area contributed by atoms with E-state index in [1.165, 1.54) is 0 Å². The van der Waals surface area contributed by atoms with Crippen LogP contribution in [0, 0.1) is 6.92 Å². The number of hydrogen-bond donors (Lipinski definition) is 2. The highest BCUT2D eigenvalue weighted by Gasteiger charge is 2.10. The van der Waals surface area contributed by atoms with Gasteiger partial charge in [-0.3, -0.25) is 4.79 Å². The van der Waals surface area contributed by atoms with Crippen molar-refractivity contribution in [1.29, 1.82) is 0 Å². The van der Waals surface area contributed by atoms with Gasteiger partial charge in [0, 0.05) is 29.3 Å². The van der Waals surface area contributed by atoms with E-state index in [2.05, 4.69) is 4.98 Å². The number of anilines is 1. The van der Waals surface area contributed by atoms with Crippen molar-refractivity contribution in [2.75, 3.05) is 18.5 Å². The maximum absolute atomic E-state index is 10.7. The number of benzene rings is 1. The summed E-state index contributed by atoms with van der Waals surface area (Å²) < 4.78 is 0. The molecule has 0 bridgehead atoms. The first kappa shape index (κ1) is 10.5. The minimum Gasteiger partial charge on any atom is -0.480 e. The predicted octanol–water partition coefficient (Wildman–Crippen LogP) is 2.00. The van der Waals surface area contributed by atoms with E-state index in [1.807, 2.05) is 31.2 Å². The maximum atomic E-state index is 10.7. The van der Waals surface area contributed by atoms with E-state index >= 15 is 0 Å². The number of carbonyl (C=O) groups is 1. The summed E-state index contributed by atoms with van der Waals surface area (Å²) in [5.74, 6) is -0.827. The van der Waals surface area contributed by atoms with Crippen LogP contribution >= 0.6 is 0 Å². The molecular weight excluding hydrogens is 204 g/mol. The Kier molecular flexibility index (Phi) is 2.56. The molecule has 84 valence electrons. The van der Waals surface area contributed by atoms with E-state index in [4.69, 9.17) is 5.11 Å². The number of fused-ring (bicyclic) bond motifs is 1. The van der Waals surface area contributed by atoms with Crippen LogP contribution in [-0.2, 0) is 4.79 Å². The lowest BCUT2D eigenvalue weighted by Gasteiger charge is -2.17. The molecule has 0 amide bonds. The van der Waals surface area contributed by atoms with E-state index in [1.54, 1.807) is 11.9 Å². The van der Waals surface area contributed by atoms with Crippen molar-refractivity contribution in [3.05, 3.63) is 30.0 Å². The zero-order valence-electron chi connectivity index (χ0n) is 9.32.